The maximum absolute atomic E-state index is 11.9. The van der Waals surface area contributed by atoms with Gasteiger partial charge in [0.1, 0.15) is 0 Å². The van der Waals surface area contributed by atoms with Gasteiger partial charge in [-0.1, -0.05) is 13.0 Å². The highest BCUT2D eigenvalue weighted by Gasteiger charge is 2.36. The number of carbonyl (C=O) groups excluding carboxylic acids is 1. The number of ether oxygens (including phenoxy) is 1. The molecule has 0 bridgehead atoms. The van der Waals surface area contributed by atoms with E-state index in [1.165, 1.54) is 7.11 Å². The van der Waals surface area contributed by atoms with Crippen LogP contribution in [0.1, 0.15) is 26.7 Å². The zero-order valence-corrected chi connectivity index (χ0v) is 18.7. The van der Waals surface area contributed by atoms with Crippen LogP contribution in [0.15, 0.2) is 34.2 Å². The molecule has 0 amide bonds. The second kappa shape index (κ2) is 12.0. The van der Waals surface area contributed by atoms with Crippen LogP contribution in [0, 0.1) is 11.8 Å². The number of hydrogen-bond donors (Lipinski definition) is 1. The molecule has 0 aromatic carbocycles. The molecular weight excluding hydrogens is 459 g/mol. The van der Waals surface area contributed by atoms with E-state index in [0.717, 1.165) is 31.9 Å². The summed E-state index contributed by atoms with van der Waals surface area (Å²) >= 11 is 0. The third-order valence-corrected chi connectivity index (χ3v) is 4.72. The van der Waals surface area contributed by atoms with Gasteiger partial charge >= 0.3 is 5.97 Å². The molecule has 0 radical (unpaired) electrons. The van der Waals surface area contributed by atoms with Gasteiger partial charge in [0.25, 0.3) is 0 Å². The van der Waals surface area contributed by atoms with E-state index in [-0.39, 0.29) is 47.3 Å². The number of nitrogens with one attached hydrogen (secondary N) is 1. The first kappa shape index (κ1) is 23.5. The number of guanidine groups is 1. The summed E-state index contributed by atoms with van der Waals surface area (Å²) in [4.78, 5) is 30.4. The number of likely N-dealkylation sites (tertiary alicyclic amines) is 1. The van der Waals surface area contributed by atoms with Gasteiger partial charge in [-0.2, -0.15) is 0 Å². The molecule has 0 spiro atoms. The molecule has 2 rings (SSSR count). The summed E-state index contributed by atoms with van der Waals surface area (Å²) in [7, 11) is 1.44. The van der Waals surface area contributed by atoms with E-state index in [1.807, 2.05) is 19.2 Å². The van der Waals surface area contributed by atoms with E-state index in [2.05, 4.69) is 17.1 Å². The molecule has 1 fully saturated rings. The van der Waals surface area contributed by atoms with Crippen molar-refractivity contribution in [1.29, 1.82) is 0 Å². The van der Waals surface area contributed by atoms with Crippen LogP contribution in [0.3, 0.4) is 0 Å². The number of rotatable bonds is 7. The van der Waals surface area contributed by atoms with Gasteiger partial charge in [-0.25, -0.2) is 0 Å². The third kappa shape index (κ3) is 6.82. The molecule has 8 heteroatoms. The van der Waals surface area contributed by atoms with E-state index >= 15 is 0 Å². The van der Waals surface area contributed by atoms with E-state index in [1.54, 1.807) is 16.7 Å². The SMILES string of the molecule is CCNC(=NCCCCn1ccccc1=O)N1CC(C)C(C(=O)OC)C1.I. The summed E-state index contributed by atoms with van der Waals surface area (Å²) in [5.41, 5.74) is 0.0317. The van der Waals surface area contributed by atoms with Crippen LogP contribution in [0.2, 0.25) is 0 Å². The molecule has 2 heterocycles. The molecule has 1 aromatic heterocycles. The Morgan fingerprint density at radius 3 is 2.78 bits per heavy atom. The number of aryl methyl sites for hydroxylation is 1. The van der Waals surface area contributed by atoms with Crippen LogP contribution in [-0.4, -0.2) is 54.7 Å². The Morgan fingerprint density at radius 2 is 2.11 bits per heavy atom. The zero-order valence-electron chi connectivity index (χ0n) is 16.4. The number of aromatic nitrogens is 1. The van der Waals surface area contributed by atoms with Crippen LogP contribution in [0.5, 0.6) is 0 Å². The van der Waals surface area contributed by atoms with Crippen molar-refractivity contribution < 1.29 is 9.53 Å². The Bertz CT molecular complexity index is 677. The Kier molecular flexibility index (Phi) is 10.4. The predicted octanol–water partition coefficient (Wildman–Crippen LogP) is 1.95. The van der Waals surface area contributed by atoms with E-state index in [0.29, 0.717) is 19.6 Å². The first-order valence-corrected chi connectivity index (χ1v) is 9.33. The van der Waals surface area contributed by atoms with Crippen molar-refractivity contribution in [1.82, 2.24) is 14.8 Å². The Labute approximate surface area is 178 Å². The zero-order chi connectivity index (χ0) is 18.9. The number of esters is 1. The number of unbranched alkanes of at least 4 members (excludes halogenated alkanes) is 1. The summed E-state index contributed by atoms with van der Waals surface area (Å²) < 4.78 is 6.62. The molecule has 1 saturated heterocycles. The summed E-state index contributed by atoms with van der Waals surface area (Å²) in [6.07, 6.45) is 3.61. The first-order valence-electron chi connectivity index (χ1n) is 9.33. The van der Waals surface area contributed by atoms with Gasteiger partial charge < -0.3 is 19.5 Å². The minimum atomic E-state index is -0.149. The van der Waals surface area contributed by atoms with E-state index < -0.39 is 0 Å². The van der Waals surface area contributed by atoms with Gasteiger partial charge in [0, 0.05) is 45.0 Å². The van der Waals surface area contributed by atoms with Crippen LogP contribution in [-0.2, 0) is 16.1 Å². The summed E-state index contributed by atoms with van der Waals surface area (Å²) in [5.74, 6) is 0.844. The molecule has 0 saturated carbocycles. The van der Waals surface area contributed by atoms with E-state index in [9.17, 15) is 9.59 Å². The van der Waals surface area contributed by atoms with Gasteiger partial charge in [0.05, 0.1) is 13.0 Å². The van der Waals surface area contributed by atoms with Crippen LogP contribution < -0.4 is 10.9 Å². The minimum Gasteiger partial charge on any atom is -0.469 e. The normalized spacial score (nSPS) is 19.5. The van der Waals surface area contributed by atoms with Crippen LogP contribution in [0.4, 0.5) is 0 Å². The Balaban J connectivity index is 0.00000364. The topological polar surface area (TPSA) is 75.9 Å². The lowest BCUT2D eigenvalue weighted by Crippen LogP contribution is -2.40. The lowest BCUT2D eigenvalue weighted by Gasteiger charge is -2.21. The summed E-state index contributed by atoms with van der Waals surface area (Å²) in [5, 5.41) is 3.31. The summed E-state index contributed by atoms with van der Waals surface area (Å²) in [6.45, 7) is 7.72. The molecule has 2 atom stereocenters. The van der Waals surface area contributed by atoms with Crippen LogP contribution >= 0.6 is 24.0 Å². The van der Waals surface area contributed by atoms with Crippen molar-refractivity contribution in [3.63, 3.8) is 0 Å². The van der Waals surface area contributed by atoms with Gasteiger partial charge in [0.15, 0.2) is 5.96 Å². The first-order chi connectivity index (χ1) is 12.6. The molecule has 1 aliphatic heterocycles. The molecule has 152 valence electrons. The maximum Gasteiger partial charge on any atom is 0.310 e. The molecule has 1 aliphatic rings. The predicted molar refractivity (Wildman–Crippen MR) is 118 cm³/mol. The number of nitrogens with zero attached hydrogens (tertiary/aromatic N) is 3. The fourth-order valence-corrected chi connectivity index (χ4v) is 3.25. The smallest absolute Gasteiger partial charge is 0.310 e. The average Bonchev–Trinajstić information content (AvgIpc) is 3.03. The number of pyridine rings is 1. The van der Waals surface area contributed by atoms with Crippen molar-refractivity contribution >= 4 is 35.9 Å². The number of carbonyl (C=O) groups is 1. The van der Waals surface area contributed by atoms with Gasteiger partial charge in [-0.15, -0.1) is 24.0 Å². The quantitative estimate of drug-likeness (QED) is 0.208. The number of hydrogen-bond acceptors (Lipinski definition) is 4. The van der Waals surface area contributed by atoms with Crippen molar-refractivity contribution in [3.05, 3.63) is 34.7 Å². The largest absolute Gasteiger partial charge is 0.469 e. The molecule has 1 aromatic rings. The van der Waals surface area contributed by atoms with E-state index in [4.69, 9.17) is 9.73 Å². The fraction of sp³-hybridized carbons (Fsp3) is 0.632. The molecular formula is C19H31IN4O3. The standard InChI is InChI=1S/C19H30N4O3.HI/c1-4-20-19(23-13-15(2)16(14-23)18(25)26-3)21-10-6-8-12-22-11-7-5-9-17(22)24;/h5,7,9,11,15-16H,4,6,8,10,12-14H2,1-3H3,(H,20,21);1H. The Hall–Kier alpha value is -1.58. The Morgan fingerprint density at radius 1 is 1.33 bits per heavy atom. The van der Waals surface area contributed by atoms with Gasteiger partial charge in [-0.05, 0) is 31.7 Å². The highest BCUT2D eigenvalue weighted by Crippen LogP contribution is 2.24. The number of aliphatic imine (C=N–C) groups is 1. The van der Waals surface area contributed by atoms with Gasteiger partial charge in [-0.3, -0.25) is 14.6 Å². The van der Waals surface area contributed by atoms with Crippen molar-refractivity contribution in [2.24, 2.45) is 16.8 Å². The monoisotopic (exact) mass is 490 g/mol. The fourth-order valence-electron chi connectivity index (χ4n) is 3.25. The van der Waals surface area contributed by atoms with Crippen LogP contribution in [0.25, 0.3) is 0 Å². The minimum absolute atomic E-state index is 0. The lowest BCUT2D eigenvalue weighted by atomic mass is 9.99. The lowest BCUT2D eigenvalue weighted by molar-refractivity contribution is -0.145. The third-order valence-electron chi connectivity index (χ3n) is 4.72. The van der Waals surface area contributed by atoms with Crippen molar-refractivity contribution in [2.75, 3.05) is 33.3 Å². The van der Waals surface area contributed by atoms with Crippen molar-refractivity contribution in [2.45, 2.75) is 33.2 Å². The second-order valence-electron chi connectivity index (χ2n) is 6.69. The second-order valence-corrected chi connectivity index (χ2v) is 6.69. The number of methoxy groups -OCH3 is 1. The molecule has 7 nitrogen and oxygen atoms in total. The molecule has 2 unspecified atom stereocenters. The molecule has 27 heavy (non-hydrogen) atoms. The highest BCUT2D eigenvalue weighted by molar-refractivity contribution is 14.0. The van der Waals surface area contributed by atoms with Crippen molar-refractivity contribution in [3.8, 4) is 0 Å². The molecule has 0 aliphatic carbocycles. The van der Waals surface area contributed by atoms with Gasteiger partial charge in [0.2, 0.25) is 5.56 Å². The molecule has 1 N–H and O–H groups in total. The maximum atomic E-state index is 11.9. The number of halogens is 1. The highest BCUT2D eigenvalue weighted by atomic mass is 127. The average molecular weight is 490 g/mol. The summed E-state index contributed by atoms with van der Waals surface area (Å²) in [6, 6.07) is 5.20.